The Balaban J connectivity index is 1.98. The third-order valence-corrected chi connectivity index (χ3v) is 4.20. The summed E-state index contributed by atoms with van der Waals surface area (Å²) in [6.45, 7) is 3.76. The van der Waals surface area contributed by atoms with E-state index in [0.717, 1.165) is 21.3 Å². The topological polar surface area (TPSA) is 67.4 Å². The van der Waals surface area contributed by atoms with E-state index in [9.17, 15) is 9.59 Å². The van der Waals surface area contributed by atoms with Gasteiger partial charge in [0.2, 0.25) is 0 Å². The van der Waals surface area contributed by atoms with Crippen LogP contribution in [0.3, 0.4) is 0 Å². The number of rotatable bonds is 4. The van der Waals surface area contributed by atoms with Crippen LogP contribution in [0.25, 0.3) is 0 Å². The highest BCUT2D eigenvalue weighted by molar-refractivity contribution is 9.10. The number of ether oxygens (including phenoxy) is 1. The van der Waals surface area contributed by atoms with Gasteiger partial charge in [0.1, 0.15) is 5.75 Å². The highest BCUT2D eigenvalue weighted by Crippen LogP contribution is 2.23. The Bertz CT molecular complexity index is 744. The van der Waals surface area contributed by atoms with Crippen molar-refractivity contribution in [2.24, 2.45) is 0 Å². The number of carbonyl (C=O) groups is 2. The summed E-state index contributed by atoms with van der Waals surface area (Å²) in [5, 5.41) is 5.27. The van der Waals surface area contributed by atoms with Gasteiger partial charge in [-0.1, -0.05) is 18.2 Å². The van der Waals surface area contributed by atoms with E-state index >= 15 is 0 Å². The number of hydrogen-bond donors (Lipinski definition) is 2. The van der Waals surface area contributed by atoms with Gasteiger partial charge in [0.05, 0.1) is 18.8 Å². The Kier molecular flexibility index (Phi) is 5.98. The number of aryl methyl sites for hydroxylation is 1. The Morgan fingerprint density at radius 2 is 1.75 bits per heavy atom. The van der Waals surface area contributed by atoms with Crippen molar-refractivity contribution in [2.75, 3.05) is 12.4 Å². The molecule has 2 N–H and O–H groups in total. The summed E-state index contributed by atoms with van der Waals surface area (Å²) in [7, 11) is 1.59. The smallest absolute Gasteiger partial charge is 0.313 e. The van der Waals surface area contributed by atoms with Crippen LogP contribution < -0.4 is 15.4 Å². The lowest BCUT2D eigenvalue weighted by atomic mass is 10.1. The minimum absolute atomic E-state index is 0.296. The van der Waals surface area contributed by atoms with Crippen molar-refractivity contribution in [1.29, 1.82) is 0 Å². The zero-order chi connectivity index (χ0) is 17.7. The van der Waals surface area contributed by atoms with E-state index in [1.807, 2.05) is 50.2 Å². The van der Waals surface area contributed by atoms with E-state index in [-0.39, 0.29) is 6.04 Å². The first kappa shape index (κ1) is 18.0. The lowest BCUT2D eigenvalue weighted by molar-refractivity contribution is -0.136. The van der Waals surface area contributed by atoms with Crippen LogP contribution in [0.4, 0.5) is 5.69 Å². The maximum absolute atomic E-state index is 12.1. The maximum atomic E-state index is 12.1. The lowest BCUT2D eigenvalue weighted by Gasteiger charge is -2.15. The second kappa shape index (κ2) is 7.97. The fourth-order valence-electron chi connectivity index (χ4n) is 2.14. The van der Waals surface area contributed by atoms with Crippen molar-refractivity contribution in [2.45, 2.75) is 19.9 Å². The van der Waals surface area contributed by atoms with Crippen LogP contribution in [0.2, 0.25) is 0 Å². The molecule has 2 aromatic carbocycles. The summed E-state index contributed by atoms with van der Waals surface area (Å²) in [6, 6.07) is 12.5. The van der Waals surface area contributed by atoms with Gasteiger partial charge in [-0.2, -0.15) is 0 Å². The lowest BCUT2D eigenvalue weighted by Crippen LogP contribution is -2.37. The summed E-state index contributed by atoms with van der Waals surface area (Å²) < 4.78 is 5.83. The van der Waals surface area contributed by atoms with Gasteiger partial charge in [0.25, 0.3) is 0 Å². The van der Waals surface area contributed by atoms with Crippen LogP contribution in [0.15, 0.2) is 46.9 Å². The molecule has 0 aliphatic rings. The number of benzene rings is 2. The molecule has 2 amide bonds. The molecule has 1 atom stereocenters. The molecule has 6 heteroatoms. The van der Waals surface area contributed by atoms with E-state index in [0.29, 0.717) is 5.69 Å². The van der Waals surface area contributed by atoms with E-state index < -0.39 is 11.8 Å². The Morgan fingerprint density at radius 3 is 2.33 bits per heavy atom. The van der Waals surface area contributed by atoms with E-state index in [4.69, 9.17) is 4.74 Å². The molecule has 126 valence electrons. The molecule has 0 aliphatic heterocycles. The van der Waals surface area contributed by atoms with Crippen molar-refractivity contribution in [3.05, 3.63) is 58.1 Å². The molecular formula is C18H19BrN2O3. The number of anilines is 1. The second-order valence-electron chi connectivity index (χ2n) is 5.41. The quantitative estimate of drug-likeness (QED) is 0.783. The van der Waals surface area contributed by atoms with Gasteiger partial charge in [-0.3, -0.25) is 9.59 Å². The number of amides is 2. The first-order chi connectivity index (χ1) is 11.4. The van der Waals surface area contributed by atoms with E-state index in [1.54, 1.807) is 13.2 Å². The fourth-order valence-corrected chi connectivity index (χ4v) is 2.73. The standard InChI is InChI=1S/C18H19BrN2O3/c1-11-4-9-16(15(19)10-11)21-18(23)17(22)20-12(2)13-5-7-14(24-3)8-6-13/h4-10,12H,1-3H3,(H,20,22)(H,21,23). The molecule has 1 unspecified atom stereocenters. The third-order valence-electron chi connectivity index (χ3n) is 3.54. The number of halogens is 1. The van der Waals surface area contributed by atoms with Gasteiger partial charge in [0, 0.05) is 4.47 Å². The molecule has 0 saturated heterocycles. The first-order valence-corrected chi connectivity index (χ1v) is 8.22. The highest BCUT2D eigenvalue weighted by atomic mass is 79.9. The van der Waals surface area contributed by atoms with E-state index in [2.05, 4.69) is 26.6 Å². The monoisotopic (exact) mass is 390 g/mol. The first-order valence-electron chi connectivity index (χ1n) is 7.42. The SMILES string of the molecule is COc1ccc(C(C)NC(=O)C(=O)Nc2ccc(C)cc2Br)cc1. The largest absolute Gasteiger partial charge is 0.497 e. The predicted molar refractivity (Wildman–Crippen MR) is 97.1 cm³/mol. The molecule has 2 aromatic rings. The number of nitrogens with one attached hydrogen (secondary N) is 2. The molecule has 0 aliphatic carbocycles. The minimum Gasteiger partial charge on any atom is -0.497 e. The van der Waals surface area contributed by atoms with Crippen LogP contribution in [-0.2, 0) is 9.59 Å². The van der Waals surface area contributed by atoms with E-state index in [1.165, 1.54) is 0 Å². The van der Waals surface area contributed by atoms with Gasteiger partial charge in [-0.15, -0.1) is 0 Å². The van der Waals surface area contributed by atoms with Crippen molar-refractivity contribution in [3.8, 4) is 5.75 Å². The zero-order valence-corrected chi connectivity index (χ0v) is 15.3. The summed E-state index contributed by atoms with van der Waals surface area (Å²) in [6.07, 6.45) is 0. The Morgan fingerprint density at radius 1 is 1.08 bits per heavy atom. The van der Waals surface area contributed by atoms with Crippen LogP contribution in [0.1, 0.15) is 24.1 Å². The van der Waals surface area contributed by atoms with Gasteiger partial charge in [-0.05, 0) is 65.2 Å². The number of carbonyl (C=O) groups excluding carboxylic acids is 2. The molecule has 2 rings (SSSR count). The Labute approximate surface area is 149 Å². The van der Waals surface area contributed by atoms with Gasteiger partial charge in [-0.25, -0.2) is 0 Å². The van der Waals surface area contributed by atoms with Gasteiger partial charge in [0.15, 0.2) is 0 Å². The Hall–Kier alpha value is -2.34. The van der Waals surface area contributed by atoms with Gasteiger partial charge < -0.3 is 15.4 Å². The summed E-state index contributed by atoms with van der Waals surface area (Å²) in [5.74, 6) is -0.662. The van der Waals surface area contributed by atoms with Crippen molar-refractivity contribution in [3.63, 3.8) is 0 Å². The highest BCUT2D eigenvalue weighted by Gasteiger charge is 2.18. The average Bonchev–Trinajstić information content (AvgIpc) is 2.57. The molecule has 0 aromatic heterocycles. The molecule has 0 spiro atoms. The van der Waals surface area contributed by atoms with Crippen molar-refractivity contribution in [1.82, 2.24) is 5.32 Å². The zero-order valence-electron chi connectivity index (χ0n) is 13.7. The minimum atomic E-state index is -0.708. The molecule has 0 fully saturated rings. The number of methoxy groups -OCH3 is 1. The molecular weight excluding hydrogens is 372 g/mol. The van der Waals surface area contributed by atoms with Crippen molar-refractivity contribution < 1.29 is 14.3 Å². The van der Waals surface area contributed by atoms with Crippen LogP contribution in [0, 0.1) is 6.92 Å². The summed E-state index contributed by atoms with van der Waals surface area (Å²) in [5.41, 5.74) is 2.49. The van der Waals surface area contributed by atoms with Crippen LogP contribution >= 0.6 is 15.9 Å². The van der Waals surface area contributed by atoms with Crippen LogP contribution in [0.5, 0.6) is 5.75 Å². The van der Waals surface area contributed by atoms with Crippen molar-refractivity contribution >= 4 is 33.4 Å². The average molecular weight is 391 g/mol. The normalized spacial score (nSPS) is 11.5. The molecule has 0 radical (unpaired) electrons. The van der Waals surface area contributed by atoms with Gasteiger partial charge >= 0.3 is 11.8 Å². The molecule has 5 nitrogen and oxygen atoms in total. The molecule has 0 heterocycles. The second-order valence-corrected chi connectivity index (χ2v) is 6.26. The number of hydrogen-bond acceptors (Lipinski definition) is 3. The summed E-state index contributed by atoms with van der Waals surface area (Å²) >= 11 is 3.37. The summed E-state index contributed by atoms with van der Waals surface area (Å²) in [4.78, 5) is 24.1. The molecule has 24 heavy (non-hydrogen) atoms. The molecule has 0 bridgehead atoms. The van der Waals surface area contributed by atoms with Crippen LogP contribution in [-0.4, -0.2) is 18.9 Å². The third kappa shape index (κ3) is 4.58. The fraction of sp³-hybridized carbons (Fsp3) is 0.222. The predicted octanol–water partition coefficient (Wildman–Crippen LogP) is 3.58. The molecule has 0 saturated carbocycles. The maximum Gasteiger partial charge on any atom is 0.313 e.